The van der Waals surface area contributed by atoms with Crippen molar-refractivity contribution in [1.82, 2.24) is 4.98 Å². The van der Waals surface area contributed by atoms with E-state index >= 15 is 0 Å². The molecule has 5 heteroatoms. The number of hydrogen-bond acceptors (Lipinski definition) is 4. The normalized spacial score (nSPS) is 10.9. The van der Waals surface area contributed by atoms with Gasteiger partial charge in [-0.1, -0.05) is 48.0 Å². The third-order valence-electron chi connectivity index (χ3n) is 4.00. The fraction of sp³-hybridized carbons (Fsp3) is 0.100. The van der Waals surface area contributed by atoms with E-state index in [0.717, 1.165) is 16.7 Å². The van der Waals surface area contributed by atoms with Crippen LogP contribution in [0.4, 0.5) is 5.13 Å². The summed E-state index contributed by atoms with van der Waals surface area (Å²) in [6.45, 7) is 2.07. The van der Waals surface area contributed by atoms with E-state index in [1.54, 1.807) is 0 Å². The molecule has 0 radical (unpaired) electrons. The smallest absolute Gasteiger partial charge is 0.261 e. The lowest BCUT2D eigenvalue weighted by Crippen LogP contribution is -2.10. The summed E-state index contributed by atoms with van der Waals surface area (Å²) in [5.41, 5.74) is 3.69. The van der Waals surface area contributed by atoms with Crippen molar-refractivity contribution in [2.24, 2.45) is 0 Å². The highest BCUT2D eigenvalue weighted by Gasteiger charge is 2.15. The van der Waals surface area contributed by atoms with Crippen molar-refractivity contribution in [2.75, 3.05) is 5.32 Å². The summed E-state index contributed by atoms with van der Waals surface area (Å²) in [6.07, 6.45) is 4.11. The van der Waals surface area contributed by atoms with Crippen LogP contribution in [0.2, 0.25) is 0 Å². The Morgan fingerprint density at radius 2 is 1.96 bits per heavy atom. The molecule has 1 N–H and O–H groups in total. The molecule has 4 aromatic rings. The van der Waals surface area contributed by atoms with Gasteiger partial charge in [-0.05, 0) is 18.6 Å². The maximum Gasteiger partial charge on any atom is 0.261 e. The van der Waals surface area contributed by atoms with Gasteiger partial charge < -0.3 is 4.42 Å². The van der Waals surface area contributed by atoms with Gasteiger partial charge in [0.25, 0.3) is 5.91 Å². The summed E-state index contributed by atoms with van der Waals surface area (Å²) < 4.78 is 5.42. The standard InChI is InChI=1S/C20H16N2O2S/c1-13-6-8-14(9-7-13)10-15-11-21-20(25-15)22-19(23)17-12-24-18-5-3-2-4-16(17)18/h2-9,11-12H,10H2,1H3,(H,21,22,23). The van der Waals surface area contributed by atoms with Crippen LogP contribution in [0.3, 0.4) is 0 Å². The van der Waals surface area contributed by atoms with Gasteiger partial charge in [0.2, 0.25) is 0 Å². The van der Waals surface area contributed by atoms with E-state index in [-0.39, 0.29) is 5.91 Å². The Bertz CT molecular complexity index is 1030. The zero-order valence-electron chi connectivity index (χ0n) is 13.7. The van der Waals surface area contributed by atoms with Gasteiger partial charge in [0.15, 0.2) is 5.13 Å². The number of thiazole rings is 1. The molecule has 2 aromatic carbocycles. The number of carbonyl (C=O) groups is 1. The fourth-order valence-corrected chi connectivity index (χ4v) is 3.51. The zero-order chi connectivity index (χ0) is 17.2. The van der Waals surface area contributed by atoms with Crippen molar-refractivity contribution in [3.8, 4) is 0 Å². The molecule has 0 aliphatic carbocycles. The Balaban J connectivity index is 1.49. The summed E-state index contributed by atoms with van der Waals surface area (Å²) in [4.78, 5) is 17.9. The van der Waals surface area contributed by atoms with Crippen LogP contribution in [-0.4, -0.2) is 10.9 Å². The molecule has 0 spiro atoms. The van der Waals surface area contributed by atoms with Crippen LogP contribution in [-0.2, 0) is 6.42 Å². The first-order chi connectivity index (χ1) is 12.2. The topological polar surface area (TPSA) is 55.1 Å². The van der Waals surface area contributed by atoms with Crippen molar-refractivity contribution in [1.29, 1.82) is 0 Å². The summed E-state index contributed by atoms with van der Waals surface area (Å²) in [5, 5.41) is 4.26. The number of carbonyl (C=O) groups excluding carboxylic acids is 1. The summed E-state index contributed by atoms with van der Waals surface area (Å²) in [6, 6.07) is 15.9. The number of aromatic nitrogens is 1. The average Bonchev–Trinajstić information content (AvgIpc) is 3.23. The molecule has 0 saturated heterocycles. The molecular weight excluding hydrogens is 332 g/mol. The molecule has 0 unspecified atom stereocenters. The van der Waals surface area contributed by atoms with Gasteiger partial charge in [-0.25, -0.2) is 4.98 Å². The highest BCUT2D eigenvalue weighted by Crippen LogP contribution is 2.25. The minimum absolute atomic E-state index is 0.207. The van der Waals surface area contributed by atoms with Gasteiger partial charge in [-0.15, -0.1) is 11.3 Å². The van der Waals surface area contributed by atoms with Crippen LogP contribution < -0.4 is 5.32 Å². The van der Waals surface area contributed by atoms with E-state index in [1.165, 1.54) is 28.7 Å². The lowest BCUT2D eigenvalue weighted by atomic mass is 10.1. The second-order valence-corrected chi connectivity index (χ2v) is 7.01. The lowest BCUT2D eigenvalue weighted by Gasteiger charge is -2.00. The van der Waals surface area contributed by atoms with Crippen molar-refractivity contribution in [2.45, 2.75) is 13.3 Å². The highest BCUT2D eigenvalue weighted by atomic mass is 32.1. The molecule has 124 valence electrons. The van der Waals surface area contributed by atoms with E-state index in [4.69, 9.17) is 4.42 Å². The monoisotopic (exact) mass is 348 g/mol. The molecule has 0 bridgehead atoms. The zero-order valence-corrected chi connectivity index (χ0v) is 14.5. The highest BCUT2D eigenvalue weighted by molar-refractivity contribution is 7.15. The number of hydrogen-bond donors (Lipinski definition) is 1. The van der Waals surface area contributed by atoms with Crippen molar-refractivity contribution in [3.63, 3.8) is 0 Å². The van der Waals surface area contributed by atoms with E-state index in [9.17, 15) is 4.79 Å². The number of rotatable bonds is 4. The quantitative estimate of drug-likeness (QED) is 0.562. The Kier molecular flexibility index (Phi) is 4.07. The molecular formula is C20H16N2O2S. The van der Waals surface area contributed by atoms with Crippen LogP contribution in [0.25, 0.3) is 11.0 Å². The summed E-state index contributed by atoms with van der Waals surface area (Å²) >= 11 is 1.49. The molecule has 0 saturated carbocycles. The molecule has 0 aliphatic rings. The second kappa shape index (κ2) is 6.53. The van der Waals surface area contributed by atoms with E-state index < -0.39 is 0 Å². The Labute approximate surface area is 149 Å². The molecule has 0 aliphatic heterocycles. The van der Waals surface area contributed by atoms with Gasteiger partial charge in [0.05, 0.1) is 5.56 Å². The lowest BCUT2D eigenvalue weighted by molar-refractivity contribution is 0.102. The van der Waals surface area contributed by atoms with Crippen molar-refractivity contribution >= 4 is 33.3 Å². The van der Waals surface area contributed by atoms with Crippen LogP contribution in [0.5, 0.6) is 0 Å². The number of furan rings is 1. The van der Waals surface area contributed by atoms with Gasteiger partial charge >= 0.3 is 0 Å². The summed E-state index contributed by atoms with van der Waals surface area (Å²) in [5.74, 6) is -0.207. The Hall–Kier alpha value is -2.92. The van der Waals surface area contributed by atoms with Crippen LogP contribution in [0, 0.1) is 6.92 Å². The number of para-hydroxylation sites is 1. The third kappa shape index (κ3) is 3.32. The van der Waals surface area contributed by atoms with Gasteiger partial charge in [-0.2, -0.15) is 0 Å². The molecule has 0 fully saturated rings. The molecule has 25 heavy (non-hydrogen) atoms. The second-order valence-electron chi connectivity index (χ2n) is 5.89. The van der Waals surface area contributed by atoms with Crippen molar-refractivity contribution < 1.29 is 9.21 Å². The number of fused-ring (bicyclic) bond motifs is 1. The van der Waals surface area contributed by atoms with E-state index in [0.29, 0.717) is 16.3 Å². The van der Waals surface area contributed by atoms with Gasteiger partial charge in [-0.3, -0.25) is 10.1 Å². The Morgan fingerprint density at radius 1 is 1.16 bits per heavy atom. The van der Waals surface area contributed by atoms with Crippen LogP contribution >= 0.6 is 11.3 Å². The molecule has 4 rings (SSSR count). The number of nitrogens with one attached hydrogen (secondary N) is 1. The number of anilines is 1. The van der Waals surface area contributed by atoms with Gasteiger partial charge in [0.1, 0.15) is 11.8 Å². The van der Waals surface area contributed by atoms with Crippen molar-refractivity contribution in [3.05, 3.63) is 82.6 Å². The number of amides is 1. The first-order valence-electron chi connectivity index (χ1n) is 7.97. The summed E-state index contributed by atoms with van der Waals surface area (Å²) in [7, 11) is 0. The third-order valence-corrected chi connectivity index (χ3v) is 4.91. The van der Waals surface area contributed by atoms with E-state index in [1.807, 2.05) is 30.5 Å². The minimum atomic E-state index is -0.207. The number of benzene rings is 2. The first kappa shape index (κ1) is 15.6. The molecule has 4 nitrogen and oxygen atoms in total. The number of nitrogens with zero attached hydrogens (tertiary/aromatic N) is 1. The van der Waals surface area contributed by atoms with Crippen LogP contribution in [0.1, 0.15) is 26.4 Å². The largest absolute Gasteiger partial charge is 0.463 e. The first-order valence-corrected chi connectivity index (χ1v) is 8.78. The molecule has 2 aromatic heterocycles. The molecule has 0 atom stereocenters. The SMILES string of the molecule is Cc1ccc(Cc2cnc(NC(=O)c3coc4ccccc34)s2)cc1. The van der Waals surface area contributed by atoms with Gasteiger partial charge in [0, 0.05) is 22.9 Å². The van der Waals surface area contributed by atoms with E-state index in [2.05, 4.69) is 41.5 Å². The molecule has 2 heterocycles. The maximum absolute atomic E-state index is 12.5. The number of aryl methyl sites for hydroxylation is 1. The van der Waals surface area contributed by atoms with Crippen LogP contribution in [0.15, 0.2) is 65.4 Å². The predicted octanol–water partition coefficient (Wildman–Crippen LogP) is 5.04. The Morgan fingerprint density at radius 3 is 2.80 bits per heavy atom. The molecule has 1 amide bonds. The fourth-order valence-electron chi connectivity index (χ4n) is 2.67. The maximum atomic E-state index is 12.5. The average molecular weight is 348 g/mol. The predicted molar refractivity (Wildman–Crippen MR) is 100 cm³/mol. The minimum Gasteiger partial charge on any atom is -0.463 e.